The lowest BCUT2D eigenvalue weighted by Gasteiger charge is -2.00. The zero-order chi connectivity index (χ0) is 15.8. The fourth-order valence-corrected chi connectivity index (χ4v) is 2.97. The van der Waals surface area contributed by atoms with Crippen LogP contribution in [0.1, 0.15) is 23.2 Å². The number of phenols is 1. The lowest BCUT2D eigenvalue weighted by atomic mass is 10.2. The van der Waals surface area contributed by atoms with Gasteiger partial charge in [-0.25, -0.2) is 5.10 Å². The van der Waals surface area contributed by atoms with E-state index in [1.54, 1.807) is 29.1 Å². The van der Waals surface area contributed by atoms with Gasteiger partial charge in [-0.05, 0) is 49.2 Å². The van der Waals surface area contributed by atoms with Crippen LogP contribution in [0.4, 0.5) is 0 Å². The predicted octanol–water partition coefficient (Wildman–Crippen LogP) is 2.41. The first kappa shape index (κ1) is 13.9. The van der Waals surface area contributed by atoms with Crippen molar-refractivity contribution in [2.75, 3.05) is 0 Å². The first-order chi connectivity index (χ1) is 11.2. The fraction of sp³-hybridized carbons (Fsp3) is 0.200. The average molecular weight is 326 g/mol. The molecule has 1 aliphatic carbocycles. The van der Waals surface area contributed by atoms with Crippen molar-refractivity contribution in [2.45, 2.75) is 19.3 Å². The third kappa shape index (κ3) is 2.46. The molecule has 0 unspecified atom stereocenters. The fourth-order valence-electron chi connectivity index (χ4n) is 2.79. The summed E-state index contributed by atoms with van der Waals surface area (Å²) in [5.41, 5.74) is 3.91. The molecule has 116 valence electrons. The molecule has 4 rings (SSSR count). The van der Waals surface area contributed by atoms with E-state index in [0.717, 1.165) is 36.2 Å². The summed E-state index contributed by atoms with van der Waals surface area (Å²) >= 11 is 5.26. The molecule has 1 aromatic carbocycles. The van der Waals surface area contributed by atoms with Gasteiger partial charge >= 0.3 is 0 Å². The summed E-state index contributed by atoms with van der Waals surface area (Å²) in [5.74, 6) is 0.779. The van der Waals surface area contributed by atoms with Gasteiger partial charge in [0.25, 0.3) is 0 Å². The number of nitrogens with one attached hydrogen (secondary N) is 2. The summed E-state index contributed by atoms with van der Waals surface area (Å²) < 4.78 is 1.94. The number of hydrogen-bond acceptors (Lipinski definition) is 5. The van der Waals surface area contributed by atoms with E-state index < -0.39 is 0 Å². The summed E-state index contributed by atoms with van der Waals surface area (Å²) in [6.07, 6.45) is 4.74. The van der Waals surface area contributed by atoms with Crippen LogP contribution >= 0.6 is 12.2 Å². The quantitative estimate of drug-likeness (QED) is 0.509. The van der Waals surface area contributed by atoms with Crippen LogP contribution in [0.15, 0.2) is 29.4 Å². The van der Waals surface area contributed by atoms with E-state index in [2.05, 4.69) is 25.5 Å². The van der Waals surface area contributed by atoms with Crippen LogP contribution in [0.25, 0.3) is 11.5 Å². The third-order valence-electron chi connectivity index (χ3n) is 3.86. The summed E-state index contributed by atoms with van der Waals surface area (Å²) in [6, 6.07) is 6.84. The summed E-state index contributed by atoms with van der Waals surface area (Å²) in [7, 11) is 0. The Morgan fingerprint density at radius 1 is 1.26 bits per heavy atom. The maximum absolute atomic E-state index is 9.51. The van der Waals surface area contributed by atoms with Crippen molar-refractivity contribution < 1.29 is 5.11 Å². The van der Waals surface area contributed by atoms with Crippen molar-refractivity contribution in [1.82, 2.24) is 25.1 Å². The molecule has 2 aromatic heterocycles. The van der Waals surface area contributed by atoms with Gasteiger partial charge in [0.15, 0.2) is 0 Å². The highest BCUT2D eigenvalue weighted by Crippen LogP contribution is 2.29. The molecule has 0 bridgehead atoms. The Hall–Kier alpha value is -2.74. The Morgan fingerprint density at radius 3 is 3.04 bits per heavy atom. The van der Waals surface area contributed by atoms with Gasteiger partial charge in [0.05, 0.1) is 6.21 Å². The second-order valence-corrected chi connectivity index (χ2v) is 5.77. The number of benzene rings is 1. The molecule has 0 aliphatic heterocycles. The standard InChI is InChI=1S/C15H14N6OS/c22-10-4-1-3-9(7-10)8-16-21-14(19-20-15(21)23)13-11-5-2-6-12(11)17-18-13/h1,3-4,7-8,22H,2,5-6H2,(H,17,18)(H,20,23)/b16-8+. The van der Waals surface area contributed by atoms with E-state index in [1.165, 1.54) is 5.56 Å². The number of H-pyrrole nitrogens is 2. The lowest BCUT2D eigenvalue weighted by molar-refractivity contribution is 0.475. The minimum atomic E-state index is 0.190. The van der Waals surface area contributed by atoms with Crippen LogP contribution in [0.2, 0.25) is 0 Å². The molecule has 23 heavy (non-hydrogen) atoms. The molecule has 3 aromatic rings. The minimum absolute atomic E-state index is 0.190. The van der Waals surface area contributed by atoms with Gasteiger partial charge in [-0.3, -0.25) is 5.10 Å². The van der Waals surface area contributed by atoms with Crippen molar-refractivity contribution in [3.63, 3.8) is 0 Å². The number of rotatable bonds is 3. The summed E-state index contributed by atoms with van der Waals surface area (Å²) in [6.45, 7) is 0. The molecular formula is C15H14N6OS. The van der Waals surface area contributed by atoms with Crippen LogP contribution in [0.5, 0.6) is 5.75 Å². The minimum Gasteiger partial charge on any atom is -0.508 e. The van der Waals surface area contributed by atoms with Gasteiger partial charge in [0.1, 0.15) is 11.4 Å². The van der Waals surface area contributed by atoms with Gasteiger partial charge < -0.3 is 5.11 Å². The first-order valence-corrected chi connectivity index (χ1v) is 7.70. The van der Waals surface area contributed by atoms with Gasteiger partial charge in [0.2, 0.25) is 10.6 Å². The normalized spacial score (nSPS) is 13.7. The molecule has 0 spiro atoms. The van der Waals surface area contributed by atoms with E-state index >= 15 is 0 Å². The highest BCUT2D eigenvalue weighted by Gasteiger charge is 2.23. The number of aromatic amines is 2. The Bertz CT molecular complexity index is 951. The molecule has 7 nitrogen and oxygen atoms in total. The first-order valence-electron chi connectivity index (χ1n) is 7.29. The second kappa shape index (κ2) is 5.47. The van der Waals surface area contributed by atoms with Crippen molar-refractivity contribution in [3.05, 3.63) is 45.9 Å². The number of fused-ring (bicyclic) bond motifs is 1. The summed E-state index contributed by atoms with van der Waals surface area (Å²) in [5, 5.41) is 28.4. The molecule has 2 heterocycles. The highest BCUT2D eigenvalue weighted by molar-refractivity contribution is 7.71. The lowest BCUT2D eigenvalue weighted by Crippen LogP contribution is -1.97. The third-order valence-corrected chi connectivity index (χ3v) is 4.13. The number of phenolic OH excluding ortho intramolecular Hbond substituents is 1. The van der Waals surface area contributed by atoms with Crippen molar-refractivity contribution in [1.29, 1.82) is 0 Å². The molecule has 3 N–H and O–H groups in total. The Balaban J connectivity index is 1.75. The van der Waals surface area contributed by atoms with E-state index in [0.29, 0.717) is 10.6 Å². The maximum Gasteiger partial charge on any atom is 0.216 e. The molecule has 0 saturated carbocycles. The second-order valence-electron chi connectivity index (χ2n) is 5.39. The number of nitrogens with zero attached hydrogens (tertiary/aromatic N) is 4. The van der Waals surface area contributed by atoms with Gasteiger partial charge in [-0.1, -0.05) is 12.1 Å². The Labute approximate surface area is 136 Å². The largest absolute Gasteiger partial charge is 0.508 e. The van der Waals surface area contributed by atoms with Gasteiger partial charge in [0, 0.05) is 11.3 Å². The number of aryl methyl sites for hydroxylation is 1. The Kier molecular flexibility index (Phi) is 3.30. The molecule has 0 atom stereocenters. The molecule has 8 heteroatoms. The zero-order valence-corrected chi connectivity index (χ0v) is 13.0. The SMILES string of the molecule is Oc1cccc(/C=N/n2c(-c3n[nH]c4c3CCC4)n[nH]c2=S)c1. The van der Waals surface area contributed by atoms with Crippen LogP contribution in [0, 0.1) is 4.77 Å². The molecule has 0 fully saturated rings. The number of aromatic hydroxyl groups is 1. The van der Waals surface area contributed by atoms with Crippen LogP contribution in [-0.4, -0.2) is 36.4 Å². The Morgan fingerprint density at radius 2 is 2.17 bits per heavy atom. The molecule has 0 amide bonds. The predicted molar refractivity (Wildman–Crippen MR) is 88.1 cm³/mol. The highest BCUT2D eigenvalue weighted by atomic mass is 32.1. The van der Waals surface area contributed by atoms with Crippen molar-refractivity contribution in [2.24, 2.45) is 5.10 Å². The molecule has 0 radical (unpaired) electrons. The summed E-state index contributed by atoms with van der Waals surface area (Å²) in [4.78, 5) is 0. The monoisotopic (exact) mass is 326 g/mol. The van der Waals surface area contributed by atoms with Crippen molar-refractivity contribution in [3.8, 4) is 17.3 Å². The smallest absolute Gasteiger partial charge is 0.216 e. The van der Waals surface area contributed by atoms with Gasteiger partial charge in [-0.15, -0.1) is 0 Å². The molecule has 1 aliphatic rings. The van der Waals surface area contributed by atoms with Crippen LogP contribution in [0.3, 0.4) is 0 Å². The van der Waals surface area contributed by atoms with Crippen LogP contribution < -0.4 is 0 Å². The average Bonchev–Trinajstić information content (AvgIpc) is 3.21. The topological polar surface area (TPSA) is 94.9 Å². The van der Waals surface area contributed by atoms with Crippen LogP contribution in [-0.2, 0) is 12.8 Å². The van der Waals surface area contributed by atoms with E-state index in [-0.39, 0.29) is 5.75 Å². The van der Waals surface area contributed by atoms with E-state index in [4.69, 9.17) is 12.2 Å². The number of hydrogen-bond donors (Lipinski definition) is 3. The van der Waals surface area contributed by atoms with E-state index in [9.17, 15) is 5.11 Å². The zero-order valence-electron chi connectivity index (χ0n) is 12.2. The molecular weight excluding hydrogens is 312 g/mol. The molecule has 0 saturated heterocycles. The van der Waals surface area contributed by atoms with E-state index in [1.807, 2.05) is 6.07 Å². The maximum atomic E-state index is 9.51. The number of aromatic nitrogens is 5. The van der Waals surface area contributed by atoms with Gasteiger partial charge in [-0.2, -0.15) is 20.0 Å². The van der Waals surface area contributed by atoms with Crippen molar-refractivity contribution >= 4 is 18.4 Å².